The lowest BCUT2D eigenvalue weighted by atomic mass is 9.76. The number of aryl methyl sites for hydroxylation is 2. The Labute approximate surface area is 114 Å². The third-order valence-corrected chi connectivity index (χ3v) is 4.65. The number of likely N-dealkylation sites (N-methyl/N-ethyl adjacent to an activating group) is 1. The Morgan fingerprint density at radius 3 is 2.47 bits per heavy atom. The van der Waals surface area contributed by atoms with Gasteiger partial charge in [-0.15, -0.1) is 0 Å². The van der Waals surface area contributed by atoms with Crippen molar-refractivity contribution < 1.29 is 9.84 Å². The first-order valence-corrected chi connectivity index (χ1v) is 6.96. The van der Waals surface area contributed by atoms with E-state index >= 15 is 0 Å². The molecule has 2 atom stereocenters. The van der Waals surface area contributed by atoms with Crippen LogP contribution in [0.25, 0.3) is 0 Å². The van der Waals surface area contributed by atoms with E-state index in [1.807, 2.05) is 26.0 Å². The Morgan fingerprint density at radius 1 is 1.26 bits per heavy atom. The van der Waals surface area contributed by atoms with Crippen LogP contribution in [-0.4, -0.2) is 47.3 Å². The number of morpholine rings is 1. The Morgan fingerprint density at radius 2 is 1.89 bits per heavy atom. The first kappa shape index (κ1) is 13.0. The zero-order valence-corrected chi connectivity index (χ0v) is 11.9. The monoisotopic (exact) mass is 262 g/mol. The Balaban J connectivity index is 1.95. The molecule has 4 heteroatoms. The van der Waals surface area contributed by atoms with Crippen molar-refractivity contribution in [3.05, 3.63) is 29.1 Å². The minimum absolute atomic E-state index is 0.304. The van der Waals surface area contributed by atoms with Crippen LogP contribution < -0.4 is 0 Å². The van der Waals surface area contributed by atoms with Gasteiger partial charge in [-0.3, -0.25) is 9.88 Å². The molecule has 0 aliphatic carbocycles. The molecule has 4 nitrogen and oxygen atoms in total. The Hall–Kier alpha value is -0.970. The second-order valence-electron chi connectivity index (χ2n) is 6.04. The number of ether oxygens (including phenoxy) is 1. The first-order valence-electron chi connectivity index (χ1n) is 6.96. The summed E-state index contributed by atoms with van der Waals surface area (Å²) in [6.45, 7) is 5.41. The molecule has 0 saturated carbocycles. The summed E-state index contributed by atoms with van der Waals surface area (Å²) in [6.07, 6.45) is 1.46. The SMILES string of the molecule is Cc1ccc(C2(O)CC3COCC(C2)N3C)c(C)n1. The highest BCUT2D eigenvalue weighted by Gasteiger charge is 2.46. The largest absolute Gasteiger partial charge is 0.385 e. The minimum Gasteiger partial charge on any atom is -0.385 e. The fourth-order valence-electron chi connectivity index (χ4n) is 3.54. The van der Waals surface area contributed by atoms with E-state index in [-0.39, 0.29) is 0 Å². The average molecular weight is 262 g/mol. The second kappa shape index (κ2) is 4.54. The highest BCUT2D eigenvalue weighted by atomic mass is 16.5. The molecule has 2 aliphatic rings. The van der Waals surface area contributed by atoms with Gasteiger partial charge in [0, 0.05) is 29.0 Å². The van der Waals surface area contributed by atoms with Crippen molar-refractivity contribution in [2.45, 2.75) is 44.4 Å². The highest BCUT2D eigenvalue weighted by Crippen LogP contribution is 2.41. The molecule has 2 saturated heterocycles. The summed E-state index contributed by atoms with van der Waals surface area (Å²) in [7, 11) is 2.14. The third kappa shape index (κ3) is 2.18. The second-order valence-corrected chi connectivity index (χ2v) is 6.04. The van der Waals surface area contributed by atoms with E-state index in [9.17, 15) is 5.11 Å². The highest BCUT2D eigenvalue weighted by molar-refractivity contribution is 5.29. The van der Waals surface area contributed by atoms with E-state index in [4.69, 9.17) is 4.74 Å². The van der Waals surface area contributed by atoms with E-state index in [0.717, 1.165) is 29.8 Å². The molecule has 1 aromatic rings. The molecule has 19 heavy (non-hydrogen) atoms. The molecule has 2 unspecified atom stereocenters. The summed E-state index contributed by atoms with van der Waals surface area (Å²) < 4.78 is 5.62. The van der Waals surface area contributed by atoms with Gasteiger partial charge in [0.05, 0.1) is 18.8 Å². The number of pyridine rings is 1. The van der Waals surface area contributed by atoms with E-state index < -0.39 is 5.60 Å². The lowest BCUT2D eigenvalue weighted by molar-refractivity contribution is -0.138. The van der Waals surface area contributed by atoms with Crippen LogP contribution in [0.2, 0.25) is 0 Å². The van der Waals surface area contributed by atoms with Crippen LogP contribution in [0, 0.1) is 13.8 Å². The predicted octanol–water partition coefficient (Wildman–Crippen LogP) is 1.38. The number of rotatable bonds is 1. The van der Waals surface area contributed by atoms with E-state index in [1.165, 1.54) is 0 Å². The molecule has 3 heterocycles. The maximum atomic E-state index is 11.1. The van der Waals surface area contributed by atoms with Crippen molar-refractivity contribution in [2.75, 3.05) is 20.3 Å². The van der Waals surface area contributed by atoms with Gasteiger partial charge in [-0.25, -0.2) is 0 Å². The number of piperidine rings is 1. The average Bonchev–Trinajstić information content (AvgIpc) is 2.31. The molecule has 0 amide bonds. The van der Waals surface area contributed by atoms with Crippen molar-refractivity contribution in [3.63, 3.8) is 0 Å². The van der Waals surface area contributed by atoms with Crippen LogP contribution in [-0.2, 0) is 10.3 Å². The molecule has 2 fully saturated rings. The Kier molecular flexibility index (Phi) is 3.12. The number of aromatic nitrogens is 1. The fourth-order valence-corrected chi connectivity index (χ4v) is 3.54. The zero-order valence-electron chi connectivity index (χ0n) is 11.9. The smallest absolute Gasteiger partial charge is 0.0945 e. The van der Waals surface area contributed by atoms with E-state index in [2.05, 4.69) is 16.9 Å². The van der Waals surface area contributed by atoms with Crippen LogP contribution in [0.5, 0.6) is 0 Å². The van der Waals surface area contributed by atoms with Crippen LogP contribution in [0.4, 0.5) is 0 Å². The number of hydrogen-bond acceptors (Lipinski definition) is 4. The summed E-state index contributed by atoms with van der Waals surface area (Å²) in [6, 6.07) is 4.64. The maximum absolute atomic E-state index is 11.1. The first-order chi connectivity index (χ1) is 8.99. The predicted molar refractivity (Wildman–Crippen MR) is 73.0 cm³/mol. The lowest BCUT2D eigenvalue weighted by Crippen LogP contribution is -2.59. The van der Waals surface area contributed by atoms with Gasteiger partial charge in [0.1, 0.15) is 0 Å². The molecule has 0 radical (unpaired) electrons. The molecule has 2 bridgehead atoms. The number of aliphatic hydroxyl groups is 1. The van der Waals surface area contributed by atoms with Crippen molar-refractivity contribution in [1.29, 1.82) is 0 Å². The molecule has 0 aromatic carbocycles. The van der Waals surface area contributed by atoms with Gasteiger partial charge >= 0.3 is 0 Å². The maximum Gasteiger partial charge on any atom is 0.0945 e. The van der Waals surface area contributed by atoms with Crippen molar-refractivity contribution in [2.24, 2.45) is 0 Å². The molecular weight excluding hydrogens is 240 g/mol. The topological polar surface area (TPSA) is 45.6 Å². The Bertz CT molecular complexity index is 475. The van der Waals surface area contributed by atoms with E-state index in [0.29, 0.717) is 25.3 Å². The molecule has 1 aromatic heterocycles. The van der Waals surface area contributed by atoms with Gasteiger partial charge in [0.15, 0.2) is 0 Å². The van der Waals surface area contributed by atoms with Crippen molar-refractivity contribution >= 4 is 0 Å². The number of fused-ring (bicyclic) bond motifs is 2. The summed E-state index contributed by atoms with van der Waals surface area (Å²) in [4.78, 5) is 6.86. The quantitative estimate of drug-likeness (QED) is 0.830. The van der Waals surface area contributed by atoms with Gasteiger partial charge in [0.2, 0.25) is 0 Å². The number of nitrogens with zero attached hydrogens (tertiary/aromatic N) is 2. The molecule has 1 N–H and O–H groups in total. The minimum atomic E-state index is -0.754. The van der Waals surface area contributed by atoms with Gasteiger partial charge in [0.25, 0.3) is 0 Å². The summed E-state index contributed by atoms with van der Waals surface area (Å²) >= 11 is 0. The molecule has 0 spiro atoms. The molecule has 104 valence electrons. The molecule has 3 rings (SSSR count). The molecular formula is C15H22N2O2. The fraction of sp³-hybridized carbons (Fsp3) is 0.667. The summed E-state index contributed by atoms with van der Waals surface area (Å²) in [5.74, 6) is 0. The van der Waals surface area contributed by atoms with Crippen LogP contribution in [0.3, 0.4) is 0 Å². The number of hydrogen-bond donors (Lipinski definition) is 1. The van der Waals surface area contributed by atoms with Crippen molar-refractivity contribution in [1.82, 2.24) is 9.88 Å². The summed E-state index contributed by atoms with van der Waals surface area (Å²) in [5.41, 5.74) is 2.19. The van der Waals surface area contributed by atoms with Crippen LogP contribution in [0.1, 0.15) is 29.8 Å². The van der Waals surface area contributed by atoms with Crippen LogP contribution in [0.15, 0.2) is 12.1 Å². The van der Waals surface area contributed by atoms with Gasteiger partial charge in [-0.05, 0) is 39.8 Å². The van der Waals surface area contributed by atoms with Gasteiger partial charge in [-0.2, -0.15) is 0 Å². The molecule has 2 aliphatic heterocycles. The standard InChI is InChI=1S/C15H22N2O2/c1-10-4-5-14(11(2)16-10)15(18)6-12-8-19-9-13(7-15)17(12)3/h4-5,12-13,18H,6-9H2,1-3H3. The van der Waals surface area contributed by atoms with Crippen molar-refractivity contribution in [3.8, 4) is 0 Å². The van der Waals surface area contributed by atoms with Gasteiger partial charge < -0.3 is 9.84 Å². The zero-order chi connectivity index (χ0) is 13.6. The third-order valence-electron chi connectivity index (χ3n) is 4.65. The van der Waals surface area contributed by atoms with Crippen LogP contribution >= 0.6 is 0 Å². The van der Waals surface area contributed by atoms with E-state index in [1.54, 1.807) is 0 Å². The summed E-state index contributed by atoms with van der Waals surface area (Å²) in [5, 5.41) is 11.1. The van der Waals surface area contributed by atoms with Gasteiger partial charge in [-0.1, -0.05) is 6.07 Å². The normalized spacial score (nSPS) is 35.4. The lowest BCUT2D eigenvalue weighted by Gasteiger charge is -2.50.